The van der Waals surface area contributed by atoms with Gasteiger partial charge in [0, 0.05) is 12.6 Å². The molecule has 178 valence electrons. The fourth-order valence-electron chi connectivity index (χ4n) is 3.95. The zero-order valence-corrected chi connectivity index (χ0v) is 20.5. The Morgan fingerprint density at radius 2 is 1.76 bits per heavy atom. The van der Waals surface area contributed by atoms with Crippen LogP contribution in [0, 0.1) is 0 Å². The number of para-hydroxylation sites is 2. The van der Waals surface area contributed by atoms with E-state index in [1.807, 2.05) is 6.07 Å². The van der Waals surface area contributed by atoms with Gasteiger partial charge in [-0.1, -0.05) is 60.7 Å². The molecule has 0 bridgehead atoms. The van der Waals surface area contributed by atoms with Crippen molar-refractivity contribution in [1.82, 2.24) is 10.2 Å². The van der Waals surface area contributed by atoms with Gasteiger partial charge in [0.05, 0.1) is 17.2 Å². The number of benzene rings is 2. The summed E-state index contributed by atoms with van der Waals surface area (Å²) >= 11 is 12.2. The van der Waals surface area contributed by atoms with Gasteiger partial charge in [-0.15, -0.1) is 0 Å². The van der Waals surface area contributed by atoms with Crippen LogP contribution in [-0.2, 0) is 16.1 Å². The lowest BCUT2D eigenvalue weighted by Gasteiger charge is -2.31. The van der Waals surface area contributed by atoms with Crippen molar-refractivity contribution < 1.29 is 19.1 Å². The molecule has 3 rings (SSSR count). The van der Waals surface area contributed by atoms with Crippen LogP contribution in [0.15, 0.2) is 42.5 Å². The molecule has 1 aliphatic carbocycles. The maximum absolute atomic E-state index is 13.2. The first kappa shape index (κ1) is 25.2. The van der Waals surface area contributed by atoms with E-state index >= 15 is 0 Å². The Labute approximate surface area is 205 Å². The third kappa shape index (κ3) is 7.02. The molecule has 33 heavy (non-hydrogen) atoms. The number of amides is 2. The van der Waals surface area contributed by atoms with Crippen molar-refractivity contribution in [3.05, 3.63) is 58.1 Å². The van der Waals surface area contributed by atoms with Gasteiger partial charge in [0.2, 0.25) is 5.91 Å². The molecule has 0 radical (unpaired) electrons. The van der Waals surface area contributed by atoms with Crippen molar-refractivity contribution in [2.45, 2.75) is 57.7 Å². The summed E-state index contributed by atoms with van der Waals surface area (Å²) in [6.45, 7) is 1.70. The van der Waals surface area contributed by atoms with Crippen LogP contribution in [0.3, 0.4) is 0 Å². The normalized spacial score (nSPS) is 14.9. The van der Waals surface area contributed by atoms with E-state index in [2.05, 4.69) is 5.32 Å². The van der Waals surface area contributed by atoms with Gasteiger partial charge in [0.25, 0.3) is 5.91 Å². The molecule has 2 aromatic carbocycles. The largest absolute Gasteiger partial charge is 0.493 e. The van der Waals surface area contributed by atoms with Crippen LogP contribution >= 0.6 is 23.2 Å². The molecule has 8 heteroatoms. The highest BCUT2D eigenvalue weighted by molar-refractivity contribution is 6.42. The molecule has 1 N–H and O–H groups in total. The van der Waals surface area contributed by atoms with Crippen molar-refractivity contribution in [3.8, 4) is 11.5 Å². The van der Waals surface area contributed by atoms with E-state index in [-0.39, 0.29) is 31.0 Å². The molecular weight excluding hydrogens is 463 g/mol. The number of ether oxygens (including phenoxy) is 2. The van der Waals surface area contributed by atoms with Crippen molar-refractivity contribution >= 4 is 35.0 Å². The molecule has 1 aliphatic rings. The zero-order chi connectivity index (χ0) is 23.8. The highest BCUT2D eigenvalue weighted by atomic mass is 35.5. The third-order valence-corrected chi connectivity index (χ3v) is 6.62. The Morgan fingerprint density at radius 3 is 2.42 bits per heavy atom. The predicted molar refractivity (Wildman–Crippen MR) is 130 cm³/mol. The minimum atomic E-state index is -0.685. The fourth-order valence-corrected chi connectivity index (χ4v) is 4.27. The third-order valence-electron chi connectivity index (χ3n) is 5.88. The number of carbonyl (C=O) groups is 2. The average molecular weight is 493 g/mol. The van der Waals surface area contributed by atoms with Gasteiger partial charge in [-0.05, 0) is 49.6 Å². The van der Waals surface area contributed by atoms with Crippen LogP contribution < -0.4 is 14.8 Å². The summed E-state index contributed by atoms with van der Waals surface area (Å²) in [5.41, 5.74) is 0.771. The summed E-state index contributed by atoms with van der Waals surface area (Å²) in [4.78, 5) is 27.8. The summed E-state index contributed by atoms with van der Waals surface area (Å²) in [6, 6.07) is 11.8. The molecule has 1 fully saturated rings. The van der Waals surface area contributed by atoms with Crippen molar-refractivity contribution in [2.24, 2.45) is 0 Å². The van der Waals surface area contributed by atoms with Crippen molar-refractivity contribution in [3.63, 3.8) is 0 Å². The maximum Gasteiger partial charge on any atom is 0.261 e. The first-order valence-electron chi connectivity index (χ1n) is 11.2. The molecule has 0 saturated heterocycles. The minimum absolute atomic E-state index is 0.153. The first-order chi connectivity index (χ1) is 15.9. The molecule has 2 aromatic rings. The van der Waals surface area contributed by atoms with E-state index in [0.29, 0.717) is 21.5 Å². The second-order valence-electron chi connectivity index (χ2n) is 8.23. The average Bonchev–Trinajstić information content (AvgIpc) is 2.83. The van der Waals surface area contributed by atoms with Gasteiger partial charge < -0.3 is 19.7 Å². The molecule has 1 atom stereocenters. The van der Waals surface area contributed by atoms with Gasteiger partial charge in [0.1, 0.15) is 6.04 Å². The van der Waals surface area contributed by atoms with Gasteiger partial charge in [-0.2, -0.15) is 0 Å². The lowest BCUT2D eigenvalue weighted by Crippen LogP contribution is -2.51. The van der Waals surface area contributed by atoms with E-state index < -0.39 is 6.04 Å². The quantitative estimate of drug-likeness (QED) is 0.519. The predicted octanol–water partition coefficient (Wildman–Crippen LogP) is 5.25. The molecular formula is C25H30Cl2N2O4. The molecule has 2 amide bonds. The number of hydrogen-bond acceptors (Lipinski definition) is 4. The summed E-state index contributed by atoms with van der Waals surface area (Å²) in [6.07, 6.45) is 5.35. The van der Waals surface area contributed by atoms with E-state index in [9.17, 15) is 9.59 Å². The van der Waals surface area contributed by atoms with Crippen molar-refractivity contribution in [2.75, 3.05) is 13.7 Å². The molecule has 6 nitrogen and oxygen atoms in total. The second kappa shape index (κ2) is 12.1. The number of hydrogen-bond donors (Lipinski definition) is 1. The van der Waals surface area contributed by atoms with E-state index in [0.717, 1.165) is 31.2 Å². The topological polar surface area (TPSA) is 67.9 Å². The maximum atomic E-state index is 13.2. The minimum Gasteiger partial charge on any atom is -0.493 e. The molecule has 0 spiro atoms. The smallest absolute Gasteiger partial charge is 0.261 e. The summed E-state index contributed by atoms with van der Waals surface area (Å²) in [7, 11) is 1.54. The summed E-state index contributed by atoms with van der Waals surface area (Å²) in [5, 5.41) is 3.94. The Balaban J connectivity index is 1.74. The molecule has 0 unspecified atom stereocenters. The van der Waals surface area contributed by atoms with Crippen LogP contribution in [0.5, 0.6) is 11.5 Å². The van der Waals surface area contributed by atoms with Gasteiger partial charge in [-0.3, -0.25) is 9.59 Å². The SMILES string of the molecule is COc1ccccc1OCC(=O)N(Cc1ccc(Cl)c(Cl)c1)[C@@H](C)C(=O)NC1CCCCC1. The fraction of sp³-hybridized carbons (Fsp3) is 0.440. The number of nitrogens with zero attached hydrogens (tertiary/aromatic N) is 1. The number of methoxy groups -OCH3 is 1. The van der Waals surface area contributed by atoms with Crippen molar-refractivity contribution in [1.29, 1.82) is 0 Å². The van der Waals surface area contributed by atoms with E-state index in [4.69, 9.17) is 32.7 Å². The van der Waals surface area contributed by atoms with E-state index in [1.54, 1.807) is 43.3 Å². The standard InChI is InChI=1S/C25H30Cl2N2O4/c1-17(25(31)28-19-8-4-3-5-9-19)29(15-18-12-13-20(26)21(27)14-18)24(30)16-33-23-11-7-6-10-22(23)32-2/h6-7,10-14,17,19H,3-5,8-9,15-16H2,1-2H3,(H,28,31)/t17-/m0/s1. The lowest BCUT2D eigenvalue weighted by molar-refractivity contribution is -0.142. The van der Waals surface area contributed by atoms with E-state index in [1.165, 1.54) is 18.4 Å². The highest BCUT2D eigenvalue weighted by Gasteiger charge is 2.28. The zero-order valence-electron chi connectivity index (χ0n) is 19.0. The van der Waals surface area contributed by atoms with Crippen LogP contribution in [0.2, 0.25) is 10.0 Å². The highest BCUT2D eigenvalue weighted by Crippen LogP contribution is 2.27. The van der Waals surface area contributed by atoms with Crippen LogP contribution in [-0.4, -0.2) is 42.5 Å². The first-order valence-corrected chi connectivity index (χ1v) is 11.9. The van der Waals surface area contributed by atoms with Gasteiger partial charge in [0.15, 0.2) is 18.1 Å². The molecule has 0 aliphatic heterocycles. The number of rotatable bonds is 9. The number of halogens is 2. The van der Waals surface area contributed by atoms with Crippen LogP contribution in [0.4, 0.5) is 0 Å². The monoisotopic (exact) mass is 492 g/mol. The lowest BCUT2D eigenvalue weighted by atomic mass is 9.95. The Bertz CT molecular complexity index is 963. The molecule has 1 saturated carbocycles. The summed E-state index contributed by atoms with van der Waals surface area (Å²) < 4.78 is 11.0. The van der Waals surface area contributed by atoms with Gasteiger partial charge >= 0.3 is 0 Å². The summed E-state index contributed by atoms with van der Waals surface area (Å²) in [5.74, 6) is 0.498. The Kier molecular flexibility index (Phi) is 9.27. The van der Waals surface area contributed by atoms with Gasteiger partial charge in [-0.25, -0.2) is 0 Å². The number of carbonyl (C=O) groups excluding carboxylic acids is 2. The Hall–Kier alpha value is -2.44. The number of nitrogens with one attached hydrogen (secondary N) is 1. The molecule has 0 aromatic heterocycles. The van der Waals surface area contributed by atoms with Crippen LogP contribution in [0.1, 0.15) is 44.6 Å². The Morgan fingerprint density at radius 1 is 1.06 bits per heavy atom. The van der Waals surface area contributed by atoms with Crippen LogP contribution in [0.25, 0.3) is 0 Å². The second-order valence-corrected chi connectivity index (χ2v) is 9.04. The molecule has 0 heterocycles.